The first-order valence-corrected chi connectivity index (χ1v) is 9.30. The number of halogens is 1. The molecule has 0 spiro atoms. The maximum atomic E-state index is 12.4. The topological polar surface area (TPSA) is 64.1 Å². The second-order valence-corrected chi connectivity index (χ2v) is 7.48. The molecule has 1 N–H and O–H groups in total. The van der Waals surface area contributed by atoms with Gasteiger partial charge in [0.15, 0.2) is 0 Å². The van der Waals surface area contributed by atoms with E-state index in [1.54, 1.807) is 18.9 Å². The zero-order valence-corrected chi connectivity index (χ0v) is 17.5. The van der Waals surface area contributed by atoms with E-state index in [1.807, 2.05) is 4.90 Å². The van der Waals surface area contributed by atoms with Crippen LogP contribution >= 0.6 is 12.4 Å². The number of aliphatic carboxylic acids is 1. The Bertz CT molecular complexity index is 613. The summed E-state index contributed by atoms with van der Waals surface area (Å²) in [5, 5.41) is 9.02. The van der Waals surface area contributed by atoms with Gasteiger partial charge in [0.2, 0.25) is 5.91 Å². The lowest BCUT2D eigenvalue weighted by atomic mass is 10.0. The van der Waals surface area contributed by atoms with Crippen molar-refractivity contribution in [3.8, 4) is 0 Å². The third-order valence-electron chi connectivity index (χ3n) is 5.18. The molecule has 1 unspecified atom stereocenters. The van der Waals surface area contributed by atoms with Gasteiger partial charge in [-0.25, -0.2) is 0 Å². The zero-order valence-electron chi connectivity index (χ0n) is 16.7. The van der Waals surface area contributed by atoms with E-state index in [2.05, 4.69) is 43.0 Å². The van der Waals surface area contributed by atoms with Crippen molar-refractivity contribution in [2.24, 2.45) is 0 Å². The molecule has 0 saturated carbocycles. The Balaban J connectivity index is 0.00000364. The predicted molar refractivity (Wildman–Crippen MR) is 109 cm³/mol. The molecule has 6 nitrogen and oxygen atoms in total. The third-order valence-corrected chi connectivity index (χ3v) is 5.18. The number of carboxylic acids is 1. The normalized spacial score (nSPS) is 16.3. The molecule has 1 aromatic carbocycles. The number of carboxylic acid groups (broad SMARTS) is 1. The molecule has 1 heterocycles. The van der Waals surface area contributed by atoms with E-state index in [-0.39, 0.29) is 24.9 Å². The standard InChI is InChI=1S/C20H31N3O3.ClH/c1-15(2)18-7-5-17(6-8-18)13-22-9-11-23(12-10-22)19(24)14-21(4)16(3)20(25)26;/h5-8,15-16H,9-14H2,1-4H3,(H,25,26);1H. The van der Waals surface area contributed by atoms with Crippen LogP contribution in [0.15, 0.2) is 24.3 Å². The summed E-state index contributed by atoms with van der Waals surface area (Å²) >= 11 is 0. The summed E-state index contributed by atoms with van der Waals surface area (Å²) in [6, 6.07) is 8.11. The molecule has 27 heavy (non-hydrogen) atoms. The first-order chi connectivity index (χ1) is 12.3. The molecule has 0 bridgehead atoms. The van der Waals surface area contributed by atoms with Gasteiger partial charge >= 0.3 is 5.97 Å². The van der Waals surface area contributed by atoms with Crippen molar-refractivity contribution in [1.82, 2.24) is 14.7 Å². The molecule has 7 heteroatoms. The van der Waals surface area contributed by atoms with Gasteiger partial charge in [-0.15, -0.1) is 12.4 Å². The fraction of sp³-hybridized carbons (Fsp3) is 0.600. The summed E-state index contributed by atoms with van der Waals surface area (Å²) in [6.45, 7) is 10.1. The average Bonchev–Trinajstić information content (AvgIpc) is 2.61. The van der Waals surface area contributed by atoms with Gasteiger partial charge in [0.1, 0.15) is 6.04 Å². The molecule has 1 aliphatic rings. The van der Waals surface area contributed by atoms with Crippen molar-refractivity contribution >= 4 is 24.3 Å². The van der Waals surface area contributed by atoms with Gasteiger partial charge in [0, 0.05) is 32.7 Å². The molecule has 0 radical (unpaired) electrons. The van der Waals surface area contributed by atoms with Crippen molar-refractivity contribution in [1.29, 1.82) is 0 Å². The summed E-state index contributed by atoms with van der Waals surface area (Å²) in [7, 11) is 1.67. The second kappa shape index (κ2) is 10.6. The number of hydrogen-bond acceptors (Lipinski definition) is 4. The summed E-state index contributed by atoms with van der Waals surface area (Å²) in [4.78, 5) is 29.1. The van der Waals surface area contributed by atoms with Crippen molar-refractivity contribution in [2.45, 2.75) is 39.3 Å². The summed E-state index contributed by atoms with van der Waals surface area (Å²) in [6.07, 6.45) is 0. The van der Waals surface area contributed by atoms with Crippen LogP contribution in [-0.2, 0) is 16.1 Å². The van der Waals surface area contributed by atoms with Gasteiger partial charge in [-0.3, -0.25) is 19.4 Å². The molecule has 1 fully saturated rings. The van der Waals surface area contributed by atoms with Crippen LogP contribution in [0.3, 0.4) is 0 Å². The molecule has 1 atom stereocenters. The van der Waals surface area contributed by atoms with E-state index in [0.717, 1.165) is 19.6 Å². The average molecular weight is 398 g/mol. The van der Waals surface area contributed by atoms with Crippen LogP contribution in [0.5, 0.6) is 0 Å². The maximum Gasteiger partial charge on any atom is 0.320 e. The number of hydrogen-bond donors (Lipinski definition) is 1. The first-order valence-electron chi connectivity index (χ1n) is 9.30. The Morgan fingerprint density at radius 1 is 1.07 bits per heavy atom. The van der Waals surface area contributed by atoms with Gasteiger partial charge in [0.05, 0.1) is 6.54 Å². The van der Waals surface area contributed by atoms with Crippen LogP contribution < -0.4 is 0 Å². The van der Waals surface area contributed by atoms with E-state index >= 15 is 0 Å². The smallest absolute Gasteiger partial charge is 0.320 e. The van der Waals surface area contributed by atoms with E-state index < -0.39 is 12.0 Å². The Kier molecular flexibility index (Phi) is 9.22. The van der Waals surface area contributed by atoms with E-state index in [9.17, 15) is 9.59 Å². The molecule has 1 aromatic rings. The minimum absolute atomic E-state index is 0. The number of benzene rings is 1. The molecule has 1 aliphatic heterocycles. The monoisotopic (exact) mass is 397 g/mol. The van der Waals surface area contributed by atoms with E-state index in [1.165, 1.54) is 11.1 Å². The number of carbonyl (C=O) groups excluding carboxylic acids is 1. The fourth-order valence-electron chi connectivity index (χ4n) is 3.06. The van der Waals surface area contributed by atoms with E-state index in [0.29, 0.717) is 19.0 Å². The number of amides is 1. The van der Waals surface area contributed by atoms with Crippen molar-refractivity contribution in [2.75, 3.05) is 39.8 Å². The highest BCUT2D eigenvalue weighted by Gasteiger charge is 2.25. The van der Waals surface area contributed by atoms with Crippen molar-refractivity contribution in [3.63, 3.8) is 0 Å². The number of likely N-dealkylation sites (N-methyl/N-ethyl adjacent to an activating group) is 1. The van der Waals surface area contributed by atoms with Gasteiger partial charge in [-0.05, 0) is 31.0 Å². The summed E-state index contributed by atoms with van der Waals surface area (Å²) in [5.74, 6) is -0.365. The minimum atomic E-state index is -0.909. The summed E-state index contributed by atoms with van der Waals surface area (Å²) in [5.41, 5.74) is 2.65. The molecule has 1 saturated heterocycles. The Hall–Kier alpha value is -1.63. The minimum Gasteiger partial charge on any atom is -0.480 e. The maximum absolute atomic E-state index is 12.4. The molecular weight excluding hydrogens is 366 g/mol. The lowest BCUT2D eigenvalue weighted by Crippen LogP contribution is -2.51. The van der Waals surface area contributed by atoms with E-state index in [4.69, 9.17) is 5.11 Å². The second-order valence-electron chi connectivity index (χ2n) is 7.48. The molecule has 1 amide bonds. The Morgan fingerprint density at radius 3 is 2.11 bits per heavy atom. The Labute approximate surface area is 168 Å². The predicted octanol–water partition coefficient (Wildman–Crippen LogP) is 2.28. The quantitative estimate of drug-likeness (QED) is 0.764. The van der Waals surface area contributed by atoms with Gasteiger partial charge in [0.25, 0.3) is 0 Å². The lowest BCUT2D eigenvalue weighted by Gasteiger charge is -2.35. The highest BCUT2D eigenvalue weighted by molar-refractivity contribution is 5.85. The van der Waals surface area contributed by atoms with Gasteiger partial charge in [-0.2, -0.15) is 0 Å². The molecular formula is C20H32ClN3O3. The number of nitrogens with zero attached hydrogens (tertiary/aromatic N) is 3. The number of carbonyl (C=O) groups is 2. The van der Waals surface area contributed by atoms with Gasteiger partial charge in [-0.1, -0.05) is 38.1 Å². The highest BCUT2D eigenvalue weighted by atomic mass is 35.5. The SMILES string of the molecule is CC(C)c1ccc(CN2CCN(C(=O)CN(C)C(C)C(=O)O)CC2)cc1.Cl. The third kappa shape index (κ3) is 6.79. The number of piperazine rings is 1. The van der Waals surface area contributed by atoms with Crippen LogP contribution in [0.2, 0.25) is 0 Å². The first kappa shape index (κ1) is 23.4. The molecule has 0 aliphatic carbocycles. The molecule has 0 aromatic heterocycles. The van der Waals surface area contributed by atoms with Crippen molar-refractivity contribution in [3.05, 3.63) is 35.4 Å². The molecule has 2 rings (SSSR count). The van der Waals surface area contributed by atoms with Crippen molar-refractivity contribution < 1.29 is 14.7 Å². The van der Waals surface area contributed by atoms with Crippen LogP contribution in [0, 0.1) is 0 Å². The number of rotatable bonds is 7. The van der Waals surface area contributed by atoms with Crippen LogP contribution in [0.25, 0.3) is 0 Å². The van der Waals surface area contributed by atoms with Crippen LogP contribution in [0.1, 0.15) is 37.8 Å². The largest absolute Gasteiger partial charge is 0.480 e. The van der Waals surface area contributed by atoms with Crippen LogP contribution in [0.4, 0.5) is 0 Å². The van der Waals surface area contributed by atoms with Gasteiger partial charge < -0.3 is 10.0 Å². The Morgan fingerprint density at radius 2 is 1.63 bits per heavy atom. The lowest BCUT2D eigenvalue weighted by molar-refractivity contribution is -0.143. The summed E-state index contributed by atoms with van der Waals surface area (Å²) < 4.78 is 0. The van der Waals surface area contributed by atoms with Crippen LogP contribution in [-0.4, -0.2) is 77.5 Å². The zero-order chi connectivity index (χ0) is 19.3. The fourth-order valence-corrected chi connectivity index (χ4v) is 3.06. The molecule has 152 valence electrons. The highest BCUT2D eigenvalue weighted by Crippen LogP contribution is 2.16.